The summed E-state index contributed by atoms with van der Waals surface area (Å²) in [4.78, 5) is 0.304. The van der Waals surface area contributed by atoms with Crippen molar-refractivity contribution in [3.63, 3.8) is 0 Å². The third-order valence-electron chi connectivity index (χ3n) is 2.71. The van der Waals surface area contributed by atoms with Gasteiger partial charge in [0.15, 0.2) is 0 Å². The van der Waals surface area contributed by atoms with Crippen LogP contribution in [0.2, 0.25) is 0 Å². The molecular weight excluding hydrogens is 258 g/mol. The van der Waals surface area contributed by atoms with Crippen LogP contribution in [-0.2, 0) is 10.0 Å². The van der Waals surface area contributed by atoms with Gasteiger partial charge in [-0.05, 0) is 13.8 Å². The van der Waals surface area contributed by atoms with Gasteiger partial charge in [0.05, 0.1) is 6.20 Å². The Labute approximate surface area is 106 Å². The van der Waals surface area contributed by atoms with Crippen LogP contribution in [0.5, 0.6) is 0 Å². The third kappa shape index (κ3) is 2.66. The van der Waals surface area contributed by atoms with Gasteiger partial charge in [-0.25, -0.2) is 8.42 Å². The van der Waals surface area contributed by atoms with Crippen LogP contribution in [0.25, 0.3) is 0 Å². The van der Waals surface area contributed by atoms with E-state index >= 15 is 0 Å². The van der Waals surface area contributed by atoms with Crippen LogP contribution < -0.4 is 0 Å². The highest BCUT2D eigenvalue weighted by Gasteiger charge is 2.27. The molecule has 0 aromatic carbocycles. The summed E-state index contributed by atoms with van der Waals surface area (Å²) < 4.78 is 27.8. The molecule has 0 bridgehead atoms. The van der Waals surface area contributed by atoms with Gasteiger partial charge in [-0.3, -0.25) is 4.68 Å². The number of hydrogen-bond donors (Lipinski definition) is 0. The Morgan fingerprint density at radius 1 is 1.35 bits per heavy atom. The molecule has 1 aromatic heterocycles. The first-order valence-corrected chi connectivity index (χ1v) is 8.23. The molecule has 1 aliphatic heterocycles. The van der Waals surface area contributed by atoms with E-state index in [0.717, 1.165) is 11.5 Å². The molecule has 1 saturated heterocycles. The summed E-state index contributed by atoms with van der Waals surface area (Å²) in [7, 11) is -3.34. The molecule has 1 aliphatic rings. The number of thioether (sulfide) groups is 1. The molecule has 1 fully saturated rings. The van der Waals surface area contributed by atoms with Crippen molar-refractivity contribution < 1.29 is 8.42 Å². The number of sulfonamides is 1. The Balaban J connectivity index is 2.24. The Hall–Kier alpha value is -0.530. The van der Waals surface area contributed by atoms with E-state index in [1.807, 2.05) is 13.8 Å². The average Bonchev–Trinajstić information content (AvgIpc) is 2.80. The lowest BCUT2D eigenvalue weighted by Crippen LogP contribution is -2.37. The lowest BCUT2D eigenvalue weighted by molar-refractivity contribution is 0.443. The highest BCUT2D eigenvalue weighted by Crippen LogP contribution is 2.20. The topological polar surface area (TPSA) is 55.2 Å². The molecule has 7 heteroatoms. The van der Waals surface area contributed by atoms with Gasteiger partial charge in [0.2, 0.25) is 10.0 Å². The van der Waals surface area contributed by atoms with Crippen molar-refractivity contribution in [3.05, 3.63) is 12.4 Å². The third-order valence-corrected chi connectivity index (χ3v) is 5.51. The molecule has 0 radical (unpaired) electrons. The Morgan fingerprint density at radius 2 is 2.00 bits per heavy atom. The number of rotatable bonds is 3. The maximum absolute atomic E-state index is 12.3. The summed E-state index contributed by atoms with van der Waals surface area (Å²) in [6.07, 6.45) is 3.05. The van der Waals surface area contributed by atoms with Crippen molar-refractivity contribution >= 4 is 21.8 Å². The highest BCUT2D eigenvalue weighted by molar-refractivity contribution is 7.99. The van der Waals surface area contributed by atoms with Crippen molar-refractivity contribution in [1.29, 1.82) is 0 Å². The van der Waals surface area contributed by atoms with Crippen LogP contribution in [0.4, 0.5) is 0 Å². The molecule has 0 spiro atoms. The molecule has 5 nitrogen and oxygen atoms in total. The van der Waals surface area contributed by atoms with E-state index in [-0.39, 0.29) is 6.04 Å². The smallest absolute Gasteiger partial charge is 0.246 e. The lowest BCUT2D eigenvalue weighted by Gasteiger charge is -2.24. The maximum Gasteiger partial charge on any atom is 0.246 e. The van der Waals surface area contributed by atoms with Crippen molar-refractivity contribution in [2.24, 2.45) is 0 Å². The Bertz CT molecular complexity index is 475. The van der Waals surface area contributed by atoms with Gasteiger partial charge in [0, 0.05) is 36.8 Å². The molecule has 1 aromatic rings. The molecule has 0 atom stereocenters. The van der Waals surface area contributed by atoms with Gasteiger partial charge in [-0.2, -0.15) is 21.2 Å². The zero-order chi connectivity index (χ0) is 12.5. The summed E-state index contributed by atoms with van der Waals surface area (Å²) >= 11 is 1.79. The van der Waals surface area contributed by atoms with Gasteiger partial charge < -0.3 is 0 Å². The zero-order valence-electron chi connectivity index (χ0n) is 10.0. The second-order valence-electron chi connectivity index (χ2n) is 4.27. The fourth-order valence-electron chi connectivity index (χ4n) is 1.67. The van der Waals surface area contributed by atoms with E-state index in [2.05, 4.69) is 5.10 Å². The van der Waals surface area contributed by atoms with Gasteiger partial charge in [-0.1, -0.05) is 0 Å². The first-order valence-electron chi connectivity index (χ1n) is 5.64. The second kappa shape index (κ2) is 4.99. The monoisotopic (exact) mass is 275 g/mol. The van der Waals surface area contributed by atoms with Gasteiger partial charge >= 0.3 is 0 Å². The van der Waals surface area contributed by atoms with Crippen molar-refractivity contribution in [1.82, 2.24) is 14.1 Å². The molecular formula is C10H17N3O2S2. The molecule has 17 heavy (non-hydrogen) atoms. The van der Waals surface area contributed by atoms with Crippen molar-refractivity contribution in [2.75, 3.05) is 24.6 Å². The van der Waals surface area contributed by atoms with E-state index in [0.29, 0.717) is 18.0 Å². The van der Waals surface area contributed by atoms with Crippen molar-refractivity contribution in [3.8, 4) is 0 Å². The molecule has 0 N–H and O–H groups in total. The summed E-state index contributed by atoms with van der Waals surface area (Å²) in [5, 5.41) is 4.08. The summed E-state index contributed by atoms with van der Waals surface area (Å²) in [6.45, 7) is 5.14. The molecule has 0 aliphatic carbocycles. The molecule has 0 saturated carbocycles. The maximum atomic E-state index is 12.3. The minimum atomic E-state index is -3.34. The van der Waals surface area contributed by atoms with E-state index in [1.165, 1.54) is 6.20 Å². The summed E-state index contributed by atoms with van der Waals surface area (Å²) in [5.74, 6) is 1.75. The second-order valence-corrected chi connectivity index (χ2v) is 7.43. The van der Waals surface area contributed by atoms with Crippen LogP contribution in [0.15, 0.2) is 17.3 Å². The SMILES string of the molecule is CC(C)n1cc(S(=O)(=O)N2CCSCC2)cn1. The number of aromatic nitrogens is 2. The normalized spacial score (nSPS) is 18.8. The van der Waals surface area contributed by atoms with Crippen LogP contribution in [0.3, 0.4) is 0 Å². The van der Waals surface area contributed by atoms with E-state index in [9.17, 15) is 8.42 Å². The van der Waals surface area contributed by atoms with Gasteiger partial charge in [0.1, 0.15) is 4.90 Å². The highest BCUT2D eigenvalue weighted by atomic mass is 32.2. The average molecular weight is 275 g/mol. The lowest BCUT2D eigenvalue weighted by atomic mass is 10.4. The van der Waals surface area contributed by atoms with Gasteiger partial charge in [-0.15, -0.1) is 0 Å². The predicted molar refractivity (Wildman–Crippen MR) is 68.7 cm³/mol. The largest absolute Gasteiger partial charge is 0.269 e. The van der Waals surface area contributed by atoms with Crippen LogP contribution in [0, 0.1) is 0 Å². The first kappa shape index (κ1) is 12.9. The molecule has 2 rings (SSSR count). The van der Waals surface area contributed by atoms with E-state index < -0.39 is 10.0 Å². The fraction of sp³-hybridized carbons (Fsp3) is 0.700. The zero-order valence-corrected chi connectivity index (χ0v) is 11.7. The quantitative estimate of drug-likeness (QED) is 0.832. The van der Waals surface area contributed by atoms with Gasteiger partial charge in [0.25, 0.3) is 0 Å². The predicted octanol–water partition coefficient (Wildman–Crippen LogP) is 1.20. The van der Waals surface area contributed by atoms with Crippen LogP contribution in [0.1, 0.15) is 19.9 Å². The summed E-state index contributed by atoms with van der Waals surface area (Å²) in [5.41, 5.74) is 0. The van der Waals surface area contributed by atoms with Crippen molar-refractivity contribution in [2.45, 2.75) is 24.8 Å². The van der Waals surface area contributed by atoms with E-state index in [4.69, 9.17) is 0 Å². The standard InChI is InChI=1S/C10H17N3O2S2/c1-9(2)13-8-10(7-11-13)17(14,15)12-3-5-16-6-4-12/h7-9H,3-6H2,1-2H3. The first-order chi connectivity index (χ1) is 8.01. The molecule has 0 unspecified atom stereocenters. The number of hydrogen-bond acceptors (Lipinski definition) is 4. The van der Waals surface area contributed by atoms with E-state index in [1.54, 1.807) is 26.9 Å². The van der Waals surface area contributed by atoms with Crippen LogP contribution >= 0.6 is 11.8 Å². The molecule has 0 amide bonds. The molecule has 2 heterocycles. The number of nitrogens with zero attached hydrogens (tertiary/aromatic N) is 3. The minimum absolute atomic E-state index is 0.177. The Morgan fingerprint density at radius 3 is 2.53 bits per heavy atom. The Kier molecular flexibility index (Phi) is 3.79. The summed E-state index contributed by atoms with van der Waals surface area (Å²) in [6, 6.07) is 0.177. The minimum Gasteiger partial charge on any atom is -0.269 e. The van der Waals surface area contributed by atoms with Crippen LogP contribution in [-0.4, -0.2) is 47.1 Å². The molecule has 96 valence electrons. The fourth-order valence-corrected chi connectivity index (χ4v) is 4.19.